The maximum atomic E-state index is 3.67. The van der Waals surface area contributed by atoms with Gasteiger partial charge in [0.2, 0.25) is 0 Å². The van der Waals surface area contributed by atoms with Gasteiger partial charge in [-0.1, -0.05) is 27.2 Å². The molecule has 0 saturated carbocycles. The van der Waals surface area contributed by atoms with Gasteiger partial charge in [0.05, 0.1) is 0 Å². The molecule has 96 valence electrons. The molecule has 1 saturated heterocycles. The molecule has 1 rings (SSSR count). The number of piperazine rings is 1. The van der Waals surface area contributed by atoms with Crippen molar-refractivity contribution in [1.82, 2.24) is 10.2 Å². The fraction of sp³-hybridized carbons (Fsp3) is 1.00. The molecule has 0 aliphatic carbocycles. The molecule has 0 aromatic heterocycles. The second-order valence-corrected chi connectivity index (χ2v) is 6.32. The first kappa shape index (κ1) is 14.0. The maximum absolute atomic E-state index is 3.67. The summed E-state index contributed by atoms with van der Waals surface area (Å²) < 4.78 is 0. The molecule has 0 radical (unpaired) electrons. The molecule has 1 aliphatic rings. The van der Waals surface area contributed by atoms with Crippen LogP contribution >= 0.6 is 0 Å². The van der Waals surface area contributed by atoms with Gasteiger partial charge in [0.1, 0.15) is 0 Å². The fourth-order valence-corrected chi connectivity index (χ4v) is 2.93. The molecule has 0 bridgehead atoms. The Labute approximate surface area is 102 Å². The van der Waals surface area contributed by atoms with Gasteiger partial charge < -0.3 is 5.32 Å². The van der Waals surface area contributed by atoms with Gasteiger partial charge in [-0.05, 0) is 33.1 Å². The van der Waals surface area contributed by atoms with Gasteiger partial charge in [-0.2, -0.15) is 0 Å². The third-order valence-corrected chi connectivity index (χ3v) is 4.04. The summed E-state index contributed by atoms with van der Waals surface area (Å²) >= 11 is 0. The lowest BCUT2D eigenvalue weighted by Crippen LogP contribution is -2.62. The van der Waals surface area contributed by atoms with E-state index in [1.807, 2.05) is 0 Å². The lowest BCUT2D eigenvalue weighted by atomic mass is 9.90. The number of nitrogens with one attached hydrogen (secondary N) is 1. The van der Waals surface area contributed by atoms with Crippen LogP contribution in [0.3, 0.4) is 0 Å². The third-order valence-electron chi connectivity index (χ3n) is 4.04. The van der Waals surface area contributed by atoms with Crippen LogP contribution in [0.15, 0.2) is 0 Å². The highest BCUT2D eigenvalue weighted by atomic mass is 15.3. The molecule has 1 aliphatic heterocycles. The summed E-state index contributed by atoms with van der Waals surface area (Å²) in [6.07, 6.45) is 2.57. The highest BCUT2D eigenvalue weighted by Gasteiger charge is 2.35. The van der Waals surface area contributed by atoms with Gasteiger partial charge in [0, 0.05) is 30.7 Å². The number of rotatable bonds is 4. The van der Waals surface area contributed by atoms with E-state index in [4.69, 9.17) is 0 Å². The first-order valence-electron chi connectivity index (χ1n) is 6.88. The molecular weight excluding hydrogens is 196 g/mol. The van der Waals surface area contributed by atoms with Crippen LogP contribution in [0.5, 0.6) is 0 Å². The number of nitrogens with zero attached hydrogens (tertiary/aromatic N) is 1. The predicted octanol–water partition coefficient (Wildman–Crippen LogP) is 2.88. The normalized spacial score (nSPS) is 28.7. The fourth-order valence-electron chi connectivity index (χ4n) is 2.93. The van der Waals surface area contributed by atoms with E-state index in [2.05, 4.69) is 51.8 Å². The van der Waals surface area contributed by atoms with Gasteiger partial charge in [-0.25, -0.2) is 0 Å². The van der Waals surface area contributed by atoms with E-state index in [-0.39, 0.29) is 0 Å². The topological polar surface area (TPSA) is 15.3 Å². The van der Waals surface area contributed by atoms with E-state index in [9.17, 15) is 0 Å². The molecule has 0 amide bonds. The minimum atomic E-state index is 0.351. The zero-order valence-electron chi connectivity index (χ0n) is 12.0. The van der Waals surface area contributed by atoms with Crippen molar-refractivity contribution in [1.29, 1.82) is 0 Å². The highest BCUT2D eigenvalue weighted by molar-refractivity contribution is 4.93. The van der Waals surface area contributed by atoms with E-state index in [0.29, 0.717) is 17.6 Å². The third kappa shape index (κ3) is 3.21. The molecule has 2 atom stereocenters. The zero-order valence-corrected chi connectivity index (χ0v) is 12.0. The summed E-state index contributed by atoms with van der Waals surface area (Å²) in [5.41, 5.74) is 0.351. The van der Waals surface area contributed by atoms with Crippen molar-refractivity contribution in [2.75, 3.05) is 13.1 Å². The van der Waals surface area contributed by atoms with Crippen LogP contribution < -0.4 is 5.32 Å². The lowest BCUT2D eigenvalue weighted by molar-refractivity contribution is 0.0242. The molecular formula is C14H30N2. The highest BCUT2D eigenvalue weighted by Crippen LogP contribution is 2.26. The molecule has 1 N–H and O–H groups in total. The second-order valence-electron chi connectivity index (χ2n) is 6.32. The monoisotopic (exact) mass is 226 g/mol. The van der Waals surface area contributed by atoms with Crippen LogP contribution in [0.1, 0.15) is 54.4 Å². The van der Waals surface area contributed by atoms with Crippen molar-refractivity contribution in [2.45, 2.75) is 72.0 Å². The van der Waals surface area contributed by atoms with Crippen molar-refractivity contribution < 1.29 is 0 Å². The van der Waals surface area contributed by atoms with Crippen LogP contribution in [0, 0.1) is 5.92 Å². The van der Waals surface area contributed by atoms with E-state index in [1.165, 1.54) is 19.4 Å². The van der Waals surface area contributed by atoms with Crippen LogP contribution in [0.2, 0.25) is 0 Å². The van der Waals surface area contributed by atoms with Gasteiger partial charge in [-0.3, -0.25) is 4.90 Å². The summed E-state index contributed by atoms with van der Waals surface area (Å²) in [7, 11) is 0. The molecule has 0 aromatic rings. The Hall–Kier alpha value is -0.0800. The van der Waals surface area contributed by atoms with Gasteiger partial charge in [-0.15, -0.1) is 0 Å². The van der Waals surface area contributed by atoms with Crippen LogP contribution in [0.4, 0.5) is 0 Å². The Morgan fingerprint density at radius 1 is 1.38 bits per heavy atom. The number of hydrogen-bond acceptors (Lipinski definition) is 2. The van der Waals surface area contributed by atoms with Crippen molar-refractivity contribution in [3.8, 4) is 0 Å². The summed E-state index contributed by atoms with van der Waals surface area (Å²) in [5.74, 6) is 0.729. The summed E-state index contributed by atoms with van der Waals surface area (Å²) in [4.78, 5) is 2.71. The van der Waals surface area contributed by atoms with Gasteiger partial charge in [0.15, 0.2) is 0 Å². The minimum absolute atomic E-state index is 0.351. The molecule has 0 spiro atoms. The largest absolute Gasteiger partial charge is 0.311 e. The van der Waals surface area contributed by atoms with Crippen molar-refractivity contribution in [3.63, 3.8) is 0 Å². The van der Waals surface area contributed by atoms with Crippen LogP contribution in [-0.4, -0.2) is 35.6 Å². The Bertz CT molecular complexity index is 211. The Balaban J connectivity index is 2.68. The molecule has 0 aromatic carbocycles. The minimum Gasteiger partial charge on any atom is -0.311 e. The summed E-state index contributed by atoms with van der Waals surface area (Å²) in [6.45, 7) is 16.4. The lowest BCUT2D eigenvalue weighted by Gasteiger charge is -2.49. The molecule has 16 heavy (non-hydrogen) atoms. The molecule has 2 nitrogen and oxygen atoms in total. The van der Waals surface area contributed by atoms with Gasteiger partial charge >= 0.3 is 0 Å². The summed E-state index contributed by atoms with van der Waals surface area (Å²) in [5, 5.41) is 3.67. The molecule has 1 heterocycles. The maximum Gasteiger partial charge on any atom is 0.0218 e. The Kier molecular flexibility index (Phi) is 4.81. The summed E-state index contributed by atoms with van der Waals surface area (Å²) in [6, 6.07) is 1.32. The molecule has 2 unspecified atom stereocenters. The van der Waals surface area contributed by atoms with E-state index in [1.54, 1.807) is 0 Å². The first-order valence-corrected chi connectivity index (χ1v) is 6.88. The van der Waals surface area contributed by atoms with E-state index in [0.717, 1.165) is 12.5 Å². The van der Waals surface area contributed by atoms with Crippen LogP contribution in [-0.2, 0) is 0 Å². The SMILES string of the molecule is CCCC(C)(C)N1CC(C(C)C)NCC1C. The van der Waals surface area contributed by atoms with Crippen LogP contribution in [0.25, 0.3) is 0 Å². The van der Waals surface area contributed by atoms with Crippen molar-refractivity contribution in [3.05, 3.63) is 0 Å². The van der Waals surface area contributed by atoms with E-state index >= 15 is 0 Å². The zero-order chi connectivity index (χ0) is 12.3. The Morgan fingerprint density at radius 2 is 2.00 bits per heavy atom. The average molecular weight is 226 g/mol. The van der Waals surface area contributed by atoms with Crippen molar-refractivity contribution in [2.24, 2.45) is 5.92 Å². The predicted molar refractivity (Wildman–Crippen MR) is 71.8 cm³/mol. The standard InChI is InChI=1S/C14H30N2/c1-7-8-14(5,6)16-10-13(11(2)3)15-9-12(16)4/h11-13,15H,7-10H2,1-6H3. The quantitative estimate of drug-likeness (QED) is 0.793. The van der Waals surface area contributed by atoms with Gasteiger partial charge in [0.25, 0.3) is 0 Å². The Morgan fingerprint density at radius 3 is 2.50 bits per heavy atom. The second kappa shape index (κ2) is 5.50. The average Bonchev–Trinajstić information content (AvgIpc) is 2.17. The first-order chi connectivity index (χ1) is 7.38. The molecule has 1 fully saturated rings. The smallest absolute Gasteiger partial charge is 0.0218 e. The molecule has 2 heteroatoms. The number of hydrogen-bond donors (Lipinski definition) is 1. The van der Waals surface area contributed by atoms with E-state index < -0.39 is 0 Å². The van der Waals surface area contributed by atoms with Crippen molar-refractivity contribution >= 4 is 0 Å².